The minimum absolute atomic E-state index is 0.0289. The van der Waals surface area contributed by atoms with Crippen LogP contribution in [0.3, 0.4) is 0 Å². The van der Waals surface area contributed by atoms with Gasteiger partial charge in [0, 0.05) is 12.6 Å². The monoisotopic (exact) mass is 273 g/mol. The van der Waals surface area contributed by atoms with Crippen molar-refractivity contribution in [2.75, 3.05) is 13.7 Å². The van der Waals surface area contributed by atoms with Crippen LogP contribution in [-0.4, -0.2) is 25.3 Å². The van der Waals surface area contributed by atoms with Gasteiger partial charge in [-0.15, -0.1) is 0 Å². The third-order valence-electron chi connectivity index (χ3n) is 5.35. The van der Waals surface area contributed by atoms with Crippen molar-refractivity contribution in [2.24, 2.45) is 0 Å². The second-order valence-electron chi connectivity index (χ2n) is 6.63. The molecule has 3 atom stereocenters. The summed E-state index contributed by atoms with van der Waals surface area (Å²) in [5.74, 6) is 0.693. The molecule has 1 saturated heterocycles. The van der Waals surface area contributed by atoms with Crippen molar-refractivity contribution in [1.82, 2.24) is 5.32 Å². The molecule has 110 valence electrons. The highest BCUT2D eigenvalue weighted by Gasteiger charge is 2.39. The predicted molar refractivity (Wildman–Crippen MR) is 83.2 cm³/mol. The Kier molecular flexibility index (Phi) is 4.13. The highest BCUT2D eigenvalue weighted by Crippen LogP contribution is 2.39. The highest BCUT2D eigenvalue weighted by molar-refractivity contribution is 5.32. The fourth-order valence-corrected chi connectivity index (χ4v) is 4.13. The molecule has 1 aromatic carbocycles. The van der Waals surface area contributed by atoms with Crippen molar-refractivity contribution in [3.63, 3.8) is 0 Å². The van der Waals surface area contributed by atoms with E-state index in [1.54, 1.807) is 11.1 Å². The number of hydrogen-bond acceptors (Lipinski definition) is 2. The molecule has 3 rings (SSSR count). The van der Waals surface area contributed by atoms with Crippen molar-refractivity contribution in [3.05, 3.63) is 35.4 Å². The third-order valence-corrected chi connectivity index (χ3v) is 5.35. The molecule has 0 saturated carbocycles. The Bertz CT molecular complexity index is 450. The first-order valence-corrected chi connectivity index (χ1v) is 8.12. The first kappa shape index (κ1) is 14.1. The number of aryl methyl sites for hydroxylation is 1. The molecule has 1 aromatic rings. The lowest BCUT2D eigenvalue weighted by atomic mass is 9.76. The summed E-state index contributed by atoms with van der Waals surface area (Å²) in [7, 11) is 2.09. The van der Waals surface area contributed by atoms with Crippen LogP contribution in [0, 0.1) is 0 Å². The van der Waals surface area contributed by atoms with E-state index in [0.29, 0.717) is 12.0 Å². The van der Waals surface area contributed by atoms with Crippen molar-refractivity contribution in [1.29, 1.82) is 0 Å². The van der Waals surface area contributed by atoms with Gasteiger partial charge in [-0.05, 0) is 69.5 Å². The maximum atomic E-state index is 6.06. The van der Waals surface area contributed by atoms with Crippen LogP contribution in [0.25, 0.3) is 0 Å². The molecule has 20 heavy (non-hydrogen) atoms. The van der Waals surface area contributed by atoms with Gasteiger partial charge in [0.05, 0.1) is 5.60 Å². The predicted octanol–water partition coefficient (Wildman–Crippen LogP) is 3.65. The fraction of sp³-hybridized carbons (Fsp3) is 0.667. The highest BCUT2D eigenvalue weighted by atomic mass is 16.5. The largest absolute Gasteiger partial charge is 0.374 e. The lowest BCUT2D eigenvalue weighted by Gasteiger charge is -2.37. The molecule has 0 amide bonds. The van der Waals surface area contributed by atoms with Crippen LogP contribution < -0.4 is 5.32 Å². The van der Waals surface area contributed by atoms with Crippen LogP contribution in [0.1, 0.15) is 56.1 Å². The molecule has 2 heteroatoms. The fourth-order valence-electron chi connectivity index (χ4n) is 4.13. The van der Waals surface area contributed by atoms with E-state index >= 15 is 0 Å². The second kappa shape index (κ2) is 5.87. The molecule has 1 N–H and O–H groups in total. The summed E-state index contributed by atoms with van der Waals surface area (Å²) < 4.78 is 6.06. The smallest absolute Gasteiger partial charge is 0.0807 e. The maximum absolute atomic E-state index is 6.06. The molecule has 1 fully saturated rings. The van der Waals surface area contributed by atoms with Crippen LogP contribution in [0.15, 0.2) is 24.3 Å². The van der Waals surface area contributed by atoms with E-state index in [9.17, 15) is 0 Å². The van der Waals surface area contributed by atoms with Gasteiger partial charge in [-0.2, -0.15) is 0 Å². The van der Waals surface area contributed by atoms with Crippen molar-refractivity contribution < 1.29 is 4.74 Å². The lowest BCUT2D eigenvalue weighted by molar-refractivity contribution is -0.0140. The number of likely N-dealkylation sites (N-methyl/N-ethyl adjacent to an activating group) is 1. The summed E-state index contributed by atoms with van der Waals surface area (Å²) in [4.78, 5) is 0. The van der Waals surface area contributed by atoms with E-state index in [1.807, 2.05) is 0 Å². The summed E-state index contributed by atoms with van der Waals surface area (Å²) in [6.07, 6.45) is 7.50. The van der Waals surface area contributed by atoms with Gasteiger partial charge in [-0.25, -0.2) is 0 Å². The summed E-state index contributed by atoms with van der Waals surface area (Å²) in [6, 6.07) is 9.48. The van der Waals surface area contributed by atoms with Gasteiger partial charge in [-0.3, -0.25) is 0 Å². The average Bonchev–Trinajstić information content (AvgIpc) is 2.92. The van der Waals surface area contributed by atoms with Crippen molar-refractivity contribution in [3.8, 4) is 0 Å². The normalized spacial score (nSPS) is 31.0. The Morgan fingerprint density at radius 1 is 1.35 bits per heavy atom. The molecular formula is C18H27NO. The summed E-state index contributed by atoms with van der Waals surface area (Å²) in [5.41, 5.74) is 3.18. The number of rotatable bonds is 4. The lowest BCUT2D eigenvalue weighted by Crippen LogP contribution is -2.48. The van der Waals surface area contributed by atoms with E-state index in [-0.39, 0.29) is 5.60 Å². The Morgan fingerprint density at radius 2 is 2.20 bits per heavy atom. The number of benzene rings is 1. The number of hydrogen-bond donors (Lipinski definition) is 1. The molecule has 1 aliphatic carbocycles. The molecule has 0 spiro atoms. The Labute approximate surface area is 122 Å². The zero-order valence-electron chi connectivity index (χ0n) is 12.8. The van der Waals surface area contributed by atoms with Crippen LogP contribution in [0.4, 0.5) is 0 Å². The van der Waals surface area contributed by atoms with Crippen LogP contribution in [0.2, 0.25) is 0 Å². The first-order chi connectivity index (χ1) is 9.73. The average molecular weight is 273 g/mol. The minimum Gasteiger partial charge on any atom is -0.374 e. The summed E-state index contributed by atoms with van der Waals surface area (Å²) >= 11 is 0. The quantitative estimate of drug-likeness (QED) is 0.904. The van der Waals surface area contributed by atoms with Gasteiger partial charge in [-0.1, -0.05) is 24.3 Å². The van der Waals surface area contributed by atoms with Crippen molar-refractivity contribution >= 4 is 0 Å². The molecule has 0 radical (unpaired) electrons. The number of fused-ring (bicyclic) bond motifs is 1. The van der Waals surface area contributed by atoms with E-state index in [0.717, 1.165) is 6.61 Å². The maximum Gasteiger partial charge on any atom is 0.0807 e. The van der Waals surface area contributed by atoms with E-state index in [1.165, 1.54) is 38.5 Å². The van der Waals surface area contributed by atoms with Crippen LogP contribution in [0.5, 0.6) is 0 Å². The van der Waals surface area contributed by atoms with E-state index < -0.39 is 0 Å². The van der Waals surface area contributed by atoms with Crippen LogP contribution >= 0.6 is 0 Å². The molecule has 2 nitrogen and oxygen atoms in total. The van der Waals surface area contributed by atoms with Gasteiger partial charge in [0.1, 0.15) is 0 Å². The van der Waals surface area contributed by atoms with Crippen molar-refractivity contribution in [2.45, 2.75) is 63.0 Å². The number of ether oxygens (including phenoxy) is 1. The summed E-state index contributed by atoms with van der Waals surface area (Å²) in [5, 5.41) is 3.54. The van der Waals surface area contributed by atoms with Gasteiger partial charge in [0.2, 0.25) is 0 Å². The number of nitrogens with one attached hydrogen (secondary N) is 1. The Balaban J connectivity index is 1.77. The topological polar surface area (TPSA) is 21.3 Å². The van der Waals surface area contributed by atoms with Gasteiger partial charge in [0.25, 0.3) is 0 Å². The zero-order chi connectivity index (χ0) is 14.0. The molecule has 0 aromatic heterocycles. The molecular weight excluding hydrogens is 246 g/mol. The standard InChI is InChI=1S/C18H27NO/c1-18(11-6-12-20-18)17(19-2)13-15-9-5-8-14-7-3-4-10-16(14)15/h3-4,7,10,15,17,19H,5-6,8-9,11-13H2,1-2H3. The molecule has 3 unspecified atom stereocenters. The SMILES string of the molecule is CNC(CC1CCCc2ccccc21)C1(C)CCCO1. The Morgan fingerprint density at radius 3 is 2.95 bits per heavy atom. The van der Waals surface area contributed by atoms with Crippen LogP contribution in [-0.2, 0) is 11.2 Å². The molecule has 1 aliphatic heterocycles. The van der Waals surface area contributed by atoms with E-state index in [4.69, 9.17) is 4.74 Å². The zero-order valence-corrected chi connectivity index (χ0v) is 12.8. The first-order valence-electron chi connectivity index (χ1n) is 8.12. The Hall–Kier alpha value is -0.860. The molecule has 2 aliphatic rings. The second-order valence-corrected chi connectivity index (χ2v) is 6.63. The molecule has 0 bridgehead atoms. The van der Waals surface area contributed by atoms with Gasteiger partial charge >= 0.3 is 0 Å². The third kappa shape index (κ3) is 2.64. The van der Waals surface area contributed by atoms with Gasteiger partial charge in [0.15, 0.2) is 0 Å². The van der Waals surface area contributed by atoms with E-state index in [2.05, 4.69) is 43.6 Å². The minimum atomic E-state index is 0.0289. The molecule has 1 heterocycles. The van der Waals surface area contributed by atoms with Gasteiger partial charge < -0.3 is 10.1 Å². The summed E-state index contributed by atoms with van der Waals surface area (Å²) in [6.45, 7) is 3.21.